The maximum atomic E-state index is 11.0. The van der Waals surface area contributed by atoms with Crippen molar-refractivity contribution >= 4 is 5.97 Å². The van der Waals surface area contributed by atoms with Crippen LogP contribution in [0.25, 0.3) is 0 Å². The fraction of sp³-hybridized carbons (Fsp3) is 0.909. The van der Waals surface area contributed by atoms with Crippen LogP contribution in [0, 0.1) is 0 Å². The van der Waals surface area contributed by atoms with Crippen molar-refractivity contribution in [3.8, 4) is 0 Å². The molecule has 0 aliphatic carbocycles. The molecule has 1 saturated heterocycles. The van der Waals surface area contributed by atoms with Crippen molar-refractivity contribution in [1.29, 1.82) is 0 Å². The summed E-state index contributed by atoms with van der Waals surface area (Å²) in [6.45, 7) is 4.44. The number of carboxylic acid groups (broad SMARTS) is 1. The summed E-state index contributed by atoms with van der Waals surface area (Å²) in [5.41, 5.74) is 0. The molecule has 1 rings (SSSR count). The molecule has 6 nitrogen and oxygen atoms in total. The molecule has 1 aliphatic heterocycles. The van der Waals surface area contributed by atoms with Crippen molar-refractivity contribution in [3.05, 3.63) is 0 Å². The van der Waals surface area contributed by atoms with Gasteiger partial charge in [0.2, 0.25) is 0 Å². The molecular weight excluding hydrogens is 224 g/mol. The zero-order valence-corrected chi connectivity index (χ0v) is 10.7. The Labute approximate surface area is 102 Å². The number of ether oxygens (including phenoxy) is 2. The molecule has 3 unspecified atom stereocenters. The van der Waals surface area contributed by atoms with Crippen LogP contribution < -0.4 is 5.32 Å². The number of likely N-dealkylation sites (N-methyl/N-ethyl adjacent to an activating group) is 1. The highest BCUT2D eigenvalue weighted by Crippen LogP contribution is 2.15. The molecule has 3 atom stereocenters. The second kappa shape index (κ2) is 6.90. The number of hydrogen-bond acceptors (Lipinski definition) is 5. The third-order valence-electron chi connectivity index (χ3n) is 3.09. The lowest BCUT2D eigenvalue weighted by Crippen LogP contribution is -2.45. The molecule has 2 N–H and O–H groups in total. The predicted molar refractivity (Wildman–Crippen MR) is 63.1 cm³/mol. The van der Waals surface area contributed by atoms with Crippen LogP contribution in [0.3, 0.4) is 0 Å². The third-order valence-corrected chi connectivity index (χ3v) is 3.09. The molecule has 0 radical (unpaired) electrons. The fourth-order valence-electron chi connectivity index (χ4n) is 2.15. The van der Waals surface area contributed by atoms with E-state index in [2.05, 4.69) is 10.2 Å². The van der Waals surface area contributed by atoms with Gasteiger partial charge in [-0.25, -0.2) is 0 Å². The minimum atomic E-state index is -0.818. The van der Waals surface area contributed by atoms with Crippen LogP contribution in [-0.2, 0) is 14.3 Å². The zero-order valence-electron chi connectivity index (χ0n) is 10.7. The van der Waals surface area contributed by atoms with Gasteiger partial charge in [0.1, 0.15) is 6.04 Å². The van der Waals surface area contributed by atoms with Gasteiger partial charge >= 0.3 is 5.97 Å². The molecule has 0 aromatic rings. The number of carboxylic acids is 1. The average molecular weight is 246 g/mol. The summed E-state index contributed by atoms with van der Waals surface area (Å²) >= 11 is 0. The fourth-order valence-corrected chi connectivity index (χ4v) is 2.15. The molecule has 17 heavy (non-hydrogen) atoms. The normalized spacial score (nSPS) is 27.2. The number of rotatable bonds is 7. The number of aliphatic carboxylic acids is 1. The first-order valence-corrected chi connectivity index (χ1v) is 5.86. The Balaban J connectivity index is 2.49. The highest BCUT2D eigenvalue weighted by molar-refractivity contribution is 5.73. The zero-order chi connectivity index (χ0) is 12.8. The van der Waals surface area contributed by atoms with Crippen LogP contribution in [-0.4, -0.2) is 74.6 Å². The molecule has 0 aromatic heterocycles. The van der Waals surface area contributed by atoms with E-state index in [0.717, 1.165) is 0 Å². The predicted octanol–water partition coefficient (Wildman–Crippen LogP) is -0.605. The highest BCUT2D eigenvalue weighted by Gasteiger charge is 2.34. The minimum absolute atomic E-state index is 0.0241. The van der Waals surface area contributed by atoms with Gasteiger partial charge in [0.05, 0.1) is 12.2 Å². The number of nitrogens with one attached hydrogen (secondary N) is 1. The van der Waals surface area contributed by atoms with Gasteiger partial charge in [-0.15, -0.1) is 0 Å². The highest BCUT2D eigenvalue weighted by atomic mass is 16.5. The van der Waals surface area contributed by atoms with Gasteiger partial charge in [0, 0.05) is 33.9 Å². The number of nitrogens with zero attached hydrogens (tertiary/aromatic N) is 1. The molecule has 100 valence electrons. The van der Waals surface area contributed by atoms with Crippen LogP contribution >= 0.6 is 0 Å². The lowest BCUT2D eigenvalue weighted by molar-refractivity contribution is -0.140. The maximum absolute atomic E-state index is 11.0. The van der Waals surface area contributed by atoms with E-state index in [-0.39, 0.29) is 12.2 Å². The smallest absolute Gasteiger partial charge is 0.322 e. The van der Waals surface area contributed by atoms with E-state index in [1.807, 2.05) is 6.92 Å². The third kappa shape index (κ3) is 3.92. The van der Waals surface area contributed by atoms with E-state index in [9.17, 15) is 4.79 Å². The lowest BCUT2D eigenvalue weighted by atomic mass is 10.3. The van der Waals surface area contributed by atoms with Crippen molar-refractivity contribution in [2.75, 3.05) is 40.4 Å². The van der Waals surface area contributed by atoms with Crippen molar-refractivity contribution in [2.24, 2.45) is 0 Å². The minimum Gasteiger partial charge on any atom is -0.480 e. The van der Waals surface area contributed by atoms with Crippen LogP contribution in [0.5, 0.6) is 0 Å². The van der Waals surface area contributed by atoms with E-state index in [0.29, 0.717) is 26.2 Å². The molecule has 0 aromatic carbocycles. The molecule has 6 heteroatoms. The van der Waals surface area contributed by atoms with Crippen LogP contribution in [0.1, 0.15) is 6.92 Å². The molecular formula is C11H22N2O4. The van der Waals surface area contributed by atoms with E-state index in [1.54, 1.807) is 14.2 Å². The van der Waals surface area contributed by atoms with Crippen LogP contribution in [0.4, 0.5) is 0 Å². The Hall–Kier alpha value is -0.690. The summed E-state index contributed by atoms with van der Waals surface area (Å²) in [4.78, 5) is 13.1. The second-order valence-electron chi connectivity index (χ2n) is 4.22. The molecule has 0 saturated carbocycles. The summed E-state index contributed by atoms with van der Waals surface area (Å²) < 4.78 is 10.6. The van der Waals surface area contributed by atoms with Crippen molar-refractivity contribution in [2.45, 2.75) is 25.2 Å². The Bertz CT molecular complexity index is 238. The Morgan fingerprint density at radius 1 is 1.41 bits per heavy atom. The van der Waals surface area contributed by atoms with Crippen molar-refractivity contribution in [1.82, 2.24) is 10.2 Å². The molecule has 0 spiro atoms. The van der Waals surface area contributed by atoms with E-state index in [4.69, 9.17) is 14.6 Å². The number of hydrogen-bond donors (Lipinski definition) is 2. The van der Waals surface area contributed by atoms with Gasteiger partial charge in [0.25, 0.3) is 0 Å². The summed E-state index contributed by atoms with van der Waals surface area (Å²) in [5, 5.41) is 12.0. The van der Waals surface area contributed by atoms with Crippen molar-refractivity contribution in [3.63, 3.8) is 0 Å². The molecule has 0 bridgehead atoms. The Morgan fingerprint density at radius 3 is 2.29 bits per heavy atom. The summed E-state index contributed by atoms with van der Waals surface area (Å²) in [6, 6.07) is -0.534. The largest absolute Gasteiger partial charge is 0.480 e. The van der Waals surface area contributed by atoms with E-state index >= 15 is 0 Å². The lowest BCUT2D eigenvalue weighted by Gasteiger charge is -2.20. The van der Waals surface area contributed by atoms with Gasteiger partial charge in [0.15, 0.2) is 0 Å². The van der Waals surface area contributed by atoms with Gasteiger partial charge in [-0.2, -0.15) is 0 Å². The topological polar surface area (TPSA) is 71.0 Å². The summed E-state index contributed by atoms with van der Waals surface area (Å²) in [5.74, 6) is -0.818. The first kappa shape index (κ1) is 14.4. The molecule has 1 heterocycles. The molecule has 1 aliphatic rings. The molecule has 0 amide bonds. The number of carbonyl (C=O) groups is 1. The van der Waals surface area contributed by atoms with Gasteiger partial charge in [-0.05, 0) is 6.54 Å². The Kier molecular flexibility index (Phi) is 5.84. The van der Waals surface area contributed by atoms with Gasteiger partial charge < -0.3 is 19.9 Å². The molecule has 1 fully saturated rings. The quantitative estimate of drug-likeness (QED) is 0.625. The second-order valence-corrected chi connectivity index (χ2v) is 4.22. The monoisotopic (exact) mass is 246 g/mol. The van der Waals surface area contributed by atoms with Crippen LogP contribution in [0.2, 0.25) is 0 Å². The summed E-state index contributed by atoms with van der Waals surface area (Å²) in [7, 11) is 3.30. The van der Waals surface area contributed by atoms with E-state index < -0.39 is 12.0 Å². The van der Waals surface area contributed by atoms with Gasteiger partial charge in [-0.3, -0.25) is 9.69 Å². The first-order valence-electron chi connectivity index (χ1n) is 5.86. The standard InChI is InChI=1S/C11H22N2O4/c1-4-12-8(11(14)15)5-13-6-9(16-2)10(7-13)17-3/h8-10,12H,4-7H2,1-3H3,(H,14,15). The summed E-state index contributed by atoms with van der Waals surface area (Å²) in [6.07, 6.45) is 0.0483. The van der Waals surface area contributed by atoms with E-state index in [1.165, 1.54) is 0 Å². The van der Waals surface area contributed by atoms with Gasteiger partial charge in [-0.1, -0.05) is 6.92 Å². The SMILES string of the molecule is CCNC(CN1CC(OC)C(OC)C1)C(=O)O. The maximum Gasteiger partial charge on any atom is 0.322 e. The Morgan fingerprint density at radius 2 is 1.94 bits per heavy atom. The number of methoxy groups -OCH3 is 2. The first-order chi connectivity index (χ1) is 8.12. The van der Waals surface area contributed by atoms with Crippen LogP contribution in [0.15, 0.2) is 0 Å². The average Bonchev–Trinajstić information content (AvgIpc) is 2.70. The number of likely N-dealkylation sites (tertiary alicyclic amines) is 1. The van der Waals surface area contributed by atoms with Crippen molar-refractivity contribution < 1.29 is 19.4 Å².